The van der Waals surface area contributed by atoms with E-state index in [0.717, 1.165) is 0 Å². The van der Waals surface area contributed by atoms with Crippen molar-refractivity contribution in [1.82, 2.24) is 5.16 Å². The molecule has 2 aromatic rings. The summed E-state index contributed by atoms with van der Waals surface area (Å²) in [4.78, 5) is 0. The summed E-state index contributed by atoms with van der Waals surface area (Å²) in [6.45, 7) is 0. The molecule has 0 radical (unpaired) electrons. The summed E-state index contributed by atoms with van der Waals surface area (Å²) in [7, 11) is 1.33. The third kappa shape index (κ3) is 1.93. The lowest BCUT2D eigenvalue weighted by molar-refractivity contribution is 0.357. The summed E-state index contributed by atoms with van der Waals surface area (Å²) in [6.07, 6.45) is 0. The second kappa shape index (κ2) is 4.25. The standard InChI is InChI=1S/C10H8BrFN2O3/c1-16-6-2-4(11)8(9(12)10(6)15)5-3-7(13)17-14-5/h2-3,15H,13H2,1H3. The van der Waals surface area contributed by atoms with Crippen molar-refractivity contribution < 1.29 is 18.8 Å². The first-order valence-electron chi connectivity index (χ1n) is 4.52. The molecular formula is C10H8BrFN2O3. The highest BCUT2D eigenvalue weighted by Crippen LogP contribution is 2.41. The van der Waals surface area contributed by atoms with Crippen LogP contribution in [0, 0.1) is 5.82 Å². The van der Waals surface area contributed by atoms with Gasteiger partial charge in [-0.1, -0.05) is 5.16 Å². The maximum Gasteiger partial charge on any atom is 0.222 e. The maximum absolute atomic E-state index is 13.9. The molecule has 0 aliphatic heterocycles. The highest BCUT2D eigenvalue weighted by atomic mass is 79.9. The number of ether oxygens (including phenoxy) is 1. The Bertz CT molecular complexity index is 571. The van der Waals surface area contributed by atoms with Crippen LogP contribution in [0.4, 0.5) is 10.3 Å². The number of benzene rings is 1. The highest BCUT2D eigenvalue weighted by Gasteiger charge is 2.21. The second-order valence-electron chi connectivity index (χ2n) is 3.21. The minimum absolute atomic E-state index is 0.0228. The van der Waals surface area contributed by atoms with Crippen LogP contribution in [-0.4, -0.2) is 17.4 Å². The number of hydrogen-bond acceptors (Lipinski definition) is 5. The first kappa shape index (κ1) is 11.7. The second-order valence-corrected chi connectivity index (χ2v) is 4.07. The van der Waals surface area contributed by atoms with Crippen LogP contribution in [0.25, 0.3) is 11.3 Å². The van der Waals surface area contributed by atoms with E-state index in [1.165, 1.54) is 19.2 Å². The van der Waals surface area contributed by atoms with Crippen molar-refractivity contribution in [2.24, 2.45) is 0 Å². The molecule has 2 rings (SSSR count). The Morgan fingerprint density at radius 1 is 1.53 bits per heavy atom. The van der Waals surface area contributed by atoms with E-state index in [1.54, 1.807) is 0 Å². The predicted octanol–water partition coefficient (Wildman–Crippen LogP) is 2.54. The van der Waals surface area contributed by atoms with Gasteiger partial charge in [0.1, 0.15) is 5.69 Å². The highest BCUT2D eigenvalue weighted by molar-refractivity contribution is 9.10. The van der Waals surface area contributed by atoms with Crippen LogP contribution in [0.2, 0.25) is 0 Å². The molecule has 0 amide bonds. The average Bonchev–Trinajstić information content (AvgIpc) is 2.70. The Hall–Kier alpha value is -1.76. The number of phenolic OH excluding ortho intramolecular Hbond substituents is 1. The minimum Gasteiger partial charge on any atom is -0.502 e. The fourth-order valence-electron chi connectivity index (χ4n) is 1.38. The van der Waals surface area contributed by atoms with E-state index in [9.17, 15) is 9.50 Å². The van der Waals surface area contributed by atoms with Crippen LogP contribution in [0.1, 0.15) is 0 Å². The molecule has 0 saturated heterocycles. The molecule has 0 aliphatic rings. The van der Waals surface area contributed by atoms with E-state index < -0.39 is 11.6 Å². The molecule has 1 aromatic heterocycles. The first-order valence-corrected chi connectivity index (χ1v) is 5.31. The fraction of sp³-hybridized carbons (Fsp3) is 0.100. The largest absolute Gasteiger partial charge is 0.502 e. The van der Waals surface area contributed by atoms with Gasteiger partial charge < -0.3 is 20.1 Å². The minimum atomic E-state index is -0.857. The van der Waals surface area contributed by atoms with Crippen molar-refractivity contribution in [3.05, 3.63) is 22.4 Å². The van der Waals surface area contributed by atoms with Gasteiger partial charge in [-0.15, -0.1) is 0 Å². The molecule has 17 heavy (non-hydrogen) atoms. The van der Waals surface area contributed by atoms with Gasteiger partial charge in [0.2, 0.25) is 5.88 Å². The zero-order chi connectivity index (χ0) is 12.6. The summed E-state index contributed by atoms with van der Waals surface area (Å²) >= 11 is 3.17. The lowest BCUT2D eigenvalue weighted by atomic mass is 10.1. The number of nitrogen functional groups attached to an aromatic ring is 1. The predicted molar refractivity (Wildman–Crippen MR) is 62.2 cm³/mol. The van der Waals surface area contributed by atoms with Gasteiger partial charge in [0.25, 0.3) is 0 Å². The summed E-state index contributed by atoms with van der Waals surface area (Å²) in [5.74, 6) is -1.37. The van der Waals surface area contributed by atoms with E-state index in [1.807, 2.05) is 0 Å². The topological polar surface area (TPSA) is 81.5 Å². The number of methoxy groups -OCH3 is 1. The van der Waals surface area contributed by atoms with Crippen LogP contribution in [0.5, 0.6) is 11.5 Å². The SMILES string of the molecule is COc1cc(Br)c(-c2cc(N)on2)c(F)c1O. The number of halogens is 2. The molecule has 5 nitrogen and oxygen atoms in total. The first-order chi connectivity index (χ1) is 8.04. The molecule has 0 saturated carbocycles. The molecule has 90 valence electrons. The number of anilines is 1. The van der Waals surface area contributed by atoms with Gasteiger partial charge in [0, 0.05) is 10.5 Å². The van der Waals surface area contributed by atoms with Crippen LogP contribution < -0.4 is 10.5 Å². The van der Waals surface area contributed by atoms with Crippen molar-refractivity contribution in [2.75, 3.05) is 12.8 Å². The van der Waals surface area contributed by atoms with E-state index in [2.05, 4.69) is 25.6 Å². The summed E-state index contributed by atoms with van der Waals surface area (Å²) in [5.41, 5.74) is 5.60. The van der Waals surface area contributed by atoms with Gasteiger partial charge in [0.05, 0.1) is 12.7 Å². The van der Waals surface area contributed by atoms with Crippen molar-refractivity contribution in [3.8, 4) is 22.8 Å². The Morgan fingerprint density at radius 3 is 2.76 bits per heavy atom. The molecular weight excluding hydrogens is 295 g/mol. The lowest BCUT2D eigenvalue weighted by Crippen LogP contribution is -1.92. The molecule has 0 aliphatic carbocycles. The Balaban J connectivity index is 2.66. The Labute approximate surface area is 104 Å². The van der Waals surface area contributed by atoms with Crippen molar-refractivity contribution in [2.45, 2.75) is 0 Å². The van der Waals surface area contributed by atoms with Gasteiger partial charge in [-0.3, -0.25) is 0 Å². The van der Waals surface area contributed by atoms with Gasteiger partial charge in [-0.2, -0.15) is 0 Å². The van der Waals surface area contributed by atoms with E-state index >= 15 is 0 Å². The summed E-state index contributed by atoms with van der Waals surface area (Å²) in [5, 5.41) is 13.1. The number of hydrogen-bond donors (Lipinski definition) is 2. The van der Waals surface area contributed by atoms with E-state index in [4.69, 9.17) is 10.5 Å². The average molecular weight is 303 g/mol. The molecule has 0 unspecified atom stereocenters. The number of nitrogens with zero attached hydrogens (tertiary/aromatic N) is 1. The van der Waals surface area contributed by atoms with E-state index in [0.29, 0.717) is 4.47 Å². The van der Waals surface area contributed by atoms with Crippen molar-refractivity contribution in [1.29, 1.82) is 0 Å². The maximum atomic E-state index is 13.9. The lowest BCUT2D eigenvalue weighted by Gasteiger charge is -2.09. The van der Waals surface area contributed by atoms with Crippen LogP contribution in [0.3, 0.4) is 0 Å². The van der Waals surface area contributed by atoms with Crippen molar-refractivity contribution >= 4 is 21.8 Å². The number of phenols is 1. The van der Waals surface area contributed by atoms with Crippen LogP contribution in [-0.2, 0) is 0 Å². The summed E-state index contributed by atoms with van der Waals surface area (Å²) in [6, 6.07) is 2.79. The smallest absolute Gasteiger partial charge is 0.222 e. The molecule has 0 fully saturated rings. The molecule has 1 heterocycles. The van der Waals surface area contributed by atoms with Crippen LogP contribution >= 0.6 is 15.9 Å². The van der Waals surface area contributed by atoms with Crippen molar-refractivity contribution in [3.63, 3.8) is 0 Å². The Morgan fingerprint density at radius 2 is 2.24 bits per heavy atom. The number of aromatic nitrogens is 1. The third-order valence-corrected chi connectivity index (χ3v) is 2.79. The van der Waals surface area contributed by atoms with Gasteiger partial charge in [0.15, 0.2) is 17.3 Å². The molecule has 3 N–H and O–H groups in total. The number of rotatable bonds is 2. The third-order valence-electron chi connectivity index (χ3n) is 2.16. The summed E-state index contributed by atoms with van der Waals surface area (Å²) < 4.78 is 23.8. The van der Waals surface area contributed by atoms with Gasteiger partial charge in [-0.05, 0) is 22.0 Å². The molecule has 1 aromatic carbocycles. The number of nitrogens with two attached hydrogens (primary N) is 1. The molecule has 0 bridgehead atoms. The molecule has 0 spiro atoms. The van der Waals surface area contributed by atoms with Gasteiger partial charge in [-0.25, -0.2) is 4.39 Å². The molecule has 7 heteroatoms. The number of aromatic hydroxyl groups is 1. The van der Waals surface area contributed by atoms with Crippen LogP contribution in [0.15, 0.2) is 21.1 Å². The zero-order valence-electron chi connectivity index (χ0n) is 8.70. The molecule has 0 atom stereocenters. The van der Waals surface area contributed by atoms with Gasteiger partial charge >= 0.3 is 0 Å². The quantitative estimate of drug-likeness (QED) is 0.891. The van der Waals surface area contributed by atoms with E-state index in [-0.39, 0.29) is 22.9 Å². The fourth-order valence-corrected chi connectivity index (χ4v) is 1.97. The Kier molecular flexibility index (Phi) is 2.93. The normalized spacial score (nSPS) is 10.5. The monoisotopic (exact) mass is 302 g/mol. The zero-order valence-corrected chi connectivity index (χ0v) is 10.3.